The fourth-order valence-corrected chi connectivity index (χ4v) is 3.88. The van der Waals surface area contributed by atoms with E-state index in [2.05, 4.69) is 33.9 Å². The second kappa shape index (κ2) is 9.21. The number of aromatic nitrogens is 3. The van der Waals surface area contributed by atoms with Crippen LogP contribution in [0, 0.1) is 13.8 Å². The van der Waals surface area contributed by atoms with Gasteiger partial charge in [-0.3, -0.25) is 14.7 Å². The zero-order chi connectivity index (χ0) is 18.7. The van der Waals surface area contributed by atoms with Crippen molar-refractivity contribution in [3.8, 4) is 0 Å². The molecule has 0 fully saturated rings. The maximum Gasteiger partial charge on any atom is 0.280 e. The van der Waals surface area contributed by atoms with Gasteiger partial charge in [-0.1, -0.05) is 23.5 Å². The average Bonchev–Trinajstić information content (AvgIpc) is 3.08. The van der Waals surface area contributed by atoms with Crippen molar-refractivity contribution in [2.24, 2.45) is 0 Å². The highest BCUT2D eigenvalue weighted by Crippen LogP contribution is 2.33. The number of thiazole rings is 1. The molecule has 0 spiro atoms. The van der Waals surface area contributed by atoms with E-state index in [4.69, 9.17) is 4.98 Å². The van der Waals surface area contributed by atoms with Crippen molar-refractivity contribution in [3.63, 3.8) is 0 Å². The van der Waals surface area contributed by atoms with Crippen LogP contribution in [-0.2, 0) is 0 Å². The summed E-state index contributed by atoms with van der Waals surface area (Å²) >= 11 is 1.56. The molecule has 27 heavy (non-hydrogen) atoms. The Labute approximate surface area is 169 Å². The normalized spacial score (nSPS) is 10.9. The maximum absolute atomic E-state index is 13.0. The van der Waals surface area contributed by atoms with Crippen molar-refractivity contribution < 1.29 is 4.79 Å². The summed E-state index contributed by atoms with van der Waals surface area (Å²) in [5.41, 5.74) is 3.60. The molecule has 3 rings (SSSR count). The second-order valence-electron chi connectivity index (χ2n) is 6.58. The molecule has 6 nitrogen and oxygen atoms in total. The number of anilines is 1. The molecule has 3 aromatic rings. The summed E-state index contributed by atoms with van der Waals surface area (Å²) in [5.74, 6) is -0.161. The van der Waals surface area contributed by atoms with E-state index in [0.717, 1.165) is 28.7 Å². The predicted molar refractivity (Wildman–Crippen MR) is 113 cm³/mol. The topological polar surface area (TPSA) is 62.2 Å². The van der Waals surface area contributed by atoms with Crippen molar-refractivity contribution in [3.05, 3.63) is 47.5 Å². The van der Waals surface area contributed by atoms with E-state index in [1.54, 1.807) is 22.4 Å². The van der Waals surface area contributed by atoms with E-state index in [9.17, 15) is 4.79 Å². The first-order valence-corrected chi connectivity index (χ1v) is 9.38. The first kappa shape index (κ1) is 21.2. The van der Waals surface area contributed by atoms with Crippen LogP contribution in [0.2, 0.25) is 0 Å². The molecule has 144 valence electrons. The zero-order valence-corrected chi connectivity index (χ0v) is 17.6. The Morgan fingerprint density at radius 2 is 1.85 bits per heavy atom. The first-order valence-electron chi connectivity index (χ1n) is 8.56. The molecule has 1 amide bonds. The summed E-state index contributed by atoms with van der Waals surface area (Å²) in [7, 11) is 4.05. The summed E-state index contributed by atoms with van der Waals surface area (Å²) in [6.07, 6.45) is 5.47. The second-order valence-corrected chi connectivity index (χ2v) is 7.56. The lowest BCUT2D eigenvalue weighted by molar-refractivity contribution is 0.0981. The summed E-state index contributed by atoms with van der Waals surface area (Å²) in [5, 5.41) is 0.715. The van der Waals surface area contributed by atoms with Crippen LogP contribution in [-0.4, -0.2) is 52.9 Å². The van der Waals surface area contributed by atoms with Gasteiger partial charge < -0.3 is 4.90 Å². The molecule has 0 aliphatic heterocycles. The minimum absolute atomic E-state index is 0. The molecule has 2 aromatic heterocycles. The third-order valence-electron chi connectivity index (χ3n) is 4.18. The molecule has 8 heteroatoms. The van der Waals surface area contributed by atoms with Crippen LogP contribution in [0.15, 0.2) is 30.7 Å². The Morgan fingerprint density at radius 1 is 1.11 bits per heavy atom. The predicted octanol–water partition coefficient (Wildman–Crippen LogP) is 3.72. The van der Waals surface area contributed by atoms with Gasteiger partial charge in [0.15, 0.2) is 5.13 Å². The highest BCUT2D eigenvalue weighted by Gasteiger charge is 2.23. The van der Waals surface area contributed by atoms with Crippen LogP contribution < -0.4 is 4.90 Å². The van der Waals surface area contributed by atoms with Gasteiger partial charge in [-0.05, 0) is 52.0 Å². The lowest BCUT2D eigenvalue weighted by Crippen LogP contribution is -2.34. The van der Waals surface area contributed by atoms with E-state index in [1.807, 2.05) is 21.0 Å². The number of nitrogens with zero attached hydrogens (tertiary/aromatic N) is 5. The Morgan fingerprint density at radius 3 is 2.48 bits per heavy atom. The minimum Gasteiger partial charge on any atom is -0.309 e. The SMILES string of the molecule is Cc1ccc(C)c2sc(N(CCCN(C)C)C(=O)c3cnccn3)nc12.Cl. The quantitative estimate of drug-likeness (QED) is 0.625. The first-order chi connectivity index (χ1) is 12.5. The maximum atomic E-state index is 13.0. The van der Waals surface area contributed by atoms with Gasteiger partial charge in [0.2, 0.25) is 0 Å². The van der Waals surface area contributed by atoms with E-state index >= 15 is 0 Å². The van der Waals surface area contributed by atoms with Crippen molar-refractivity contribution in [2.45, 2.75) is 20.3 Å². The molecule has 0 atom stereocenters. The highest BCUT2D eigenvalue weighted by molar-refractivity contribution is 7.22. The molecule has 0 aliphatic rings. The number of fused-ring (bicyclic) bond motifs is 1. The number of hydrogen-bond acceptors (Lipinski definition) is 6. The summed E-state index contributed by atoms with van der Waals surface area (Å²) in [6.45, 7) is 5.61. The molecule has 2 heterocycles. The van der Waals surface area contributed by atoms with Crippen LogP contribution in [0.5, 0.6) is 0 Å². The smallest absolute Gasteiger partial charge is 0.280 e. The van der Waals surface area contributed by atoms with Gasteiger partial charge in [0.25, 0.3) is 5.91 Å². The number of halogens is 1. The molecule has 1 aromatic carbocycles. The standard InChI is InChI=1S/C19H23N5OS.ClH/c1-13-6-7-14(2)17-16(13)22-19(26-17)24(11-5-10-23(3)4)18(25)15-12-20-8-9-21-15;/h6-9,12H,5,10-11H2,1-4H3;1H. The van der Waals surface area contributed by atoms with E-state index in [-0.39, 0.29) is 18.3 Å². The number of hydrogen-bond donors (Lipinski definition) is 0. The fraction of sp³-hybridized carbons (Fsp3) is 0.368. The lowest BCUT2D eigenvalue weighted by atomic mass is 10.1. The number of carbonyl (C=O) groups excluding carboxylic acids is 1. The van der Waals surface area contributed by atoms with Crippen LogP contribution in [0.25, 0.3) is 10.2 Å². The Hall–Kier alpha value is -2.09. The molecule has 0 aliphatic carbocycles. The number of rotatable bonds is 6. The van der Waals surface area contributed by atoms with Crippen molar-refractivity contribution in [1.82, 2.24) is 19.9 Å². The molecular weight excluding hydrogens is 382 g/mol. The van der Waals surface area contributed by atoms with E-state index < -0.39 is 0 Å². The van der Waals surface area contributed by atoms with Gasteiger partial charge in [0, 0.05) is 18.9 Å². The Bertz CT molecular complexity index is 874. The Kier molecular flexibility index (Phi) is 7.24. The van der Waals surface area contributed by atoms with Crippen molar-refractivity contribution in [2.75, 3.05) is 32.1 Å². The van der Waals surface area contributed by atoms with Gasteiger partial charge >= 0.3 is 0 Å². The van der Waals surface area contributed by atoms with Crippen LogP contribution in [0.4, 0.5) is 5.13 Å². The fourth-order valence-electron chi connectivity index (χ4n) is 2.74. The van der Waals surface area contributed by atoms with Gasteiger partial charge in [0.05, 0.1) is 16.4 Å². The number of benzene rings is 1. The molecule has 0 saturated heterocycles. The van der Waals surface area contributed by atoms with Crippen LogP contribution >= 0.6 is 23.7 Å². The zero-order valence-electron chi connectivity index (χ0n) is 16.0. The summed E-state index contributed by atoms with van der Waals surface area (Å²) in [6, 6.07) is 4.17. The third kappa shape index (κ3) is 4.80. The Balaban J connectivity index is 0.00000261. The number of carbonyl (C=O) groups is 1. The molecule has 0 unspecified atom stereocenters. The number of amides is 1. The van der Waals surface area contributed by atoms with E-state index in [1.165, 1.54) is 18.0 Å². The average molecular weight is 406 g/mol. The summed E-state index contributed by atoms with van der Waals surface area (Å²) < 4.78 is 1.13. The lowest BCUT2D eigenvalue weighted by Gasteiger charge is -2.20. The van der Waals surface area contributed by atoms with Crippen molar-refractivity contribution in [1.29, 1.82) is 0 Å². The van der Waals surface area contributed by atoms with Crippen LogP contribution in [0.3, 0.4) is 0 Å². The molecule has 0 saturated carbocycles. The largest absolute Gasteiger partial charge is 0.309 e. The highest BCUT2D eigenvalue weighted by atomic mass is 35.5. The summed E-state index contributed by atoms with van der Waals surface area (Å²) in [4.78, 5) is 29.9. The van der Waals surface area contributed by atoms with Gasteiger partial charge in [-0.2, -0.15) is 0 Å². The van der Waals surface area contributed by atoms with Gasteiger partial charge in [-0.25, -0.2) is 9.97 Å². The molecule has 0 N–H and O–H groups in total. The van der Waals surface area contributed by atoms with E-state index in [0.29, 0.717) is 17.4 Å². The van der Waals surface area contributed by atoms with Gasteiger partial charge in [-0.15, -0.1) is 12.4 Å². The molecule has 0 bridgehead atoms. The van der Waals surface area contributed by atoms with Crippen LogP contribution in [0.1, 0.15) is 28.0 Å². The third-order valence-corrected chi connectivity index (χ3v) is 5.39. The van der Waals surface area contributed by atoms with Gasteiger partial charge in [0.1, 0.15) is 5.69 Å². The minimum atomic E-state index is -0.161. The molecular formula is C19H24ClN5OS. The monoisotopic (exact) mass is 405 g/mol. The number of aryl methyl sites for hydroxylation is 2. The van der Waals surface area contributed by atoms with Crippen molar-refractivity contribution >= 4 is 45.0 Å². The molecule has 0 radical (unpaired) electrons.